The number of aryl methyl sites for hydroxylation is 2. The van der Waals surface area contributed by atoms with Gasteiger partial charge in [-0.3, -0.25) is 4.90 Å². The van der Waals surface area contributed by atoms with Crippen molar-refractivity contribution in [2.45, 2.75) is 40.7 Å². The Morgan fingerprint density at radius 3 is 2.38 bits per heavy atom. The number of nitrogens with zero attached hydrogens (tertiary/aromatic N) is 1. The maximum absolute atomic E-state index is 2.51. The second-order valence-corrected chi connectivity index (χ2v) is 5.56. The molecule has 0 N–H and O–H groups in total. The minimum Gasteiger partial charge on any atom is -0.299 e. The number of benzene rings is 1. The van der Waals surface area contributed by atoms with Gasteiger partial charge in [0.05, 0.1) is 0 Å². The van der Waals surface area contributed by atoms with Crippen molar-refractivity contribution in [2.75, 3.05) is 13.1 Å². The van der Waals surface area contributed by atoms with Gasteiger partial charge in [0.15, 0.2) is 0 Å². The highest BCUT2D eigenvalue weighted by molar-refractivity contribution is 14.1. The molecule has 0 unspecified atom stereocenters. The highest BCUT2D eigenvalue weighted by Gasteiger charge is 2.07. The third-order valence-electron chi connectivity index (χ3n) is 3.00. The topological polar surface area (TPSA) is 3.24 Å². The van der Waals surface area contributed by atoms with Crippen molar-refractivity contribution < 1.29 is 0 Å². The molecule has 2 heteroatoms. The monoisotopic (exact) mass is 331 g/mol. The molecule has 0 fully saturated rings. The lowest BCUT2D eigenvalue weighted by molar-refractivity contribution is 0.280. The van der Waals surface area contributed by atoms with E-state index in [1.165, 1.54) is 33.2 Å². The van der Waals surface area contributed by atoms with Crippen molar-refractivity contribution in [3.05, 3.63) is 32.4 Å². The van der Waals surface area contributed by atoms with Crippen LogP contribution in [0.5, 0.6) is 0 Å². The minimum absolute atomic E-state index is 1.09. The first kappa shape index (κ1) is 14.0. The third kappa shape index (κ3) is 3.74. The maximum atomic E-state index is 2.51. The SMILES string of the molecule is CCCN(CC)Cc1cc(C)c(I)cc1C. The smallest absolute Gasteiger partial charge is 0.0236 e. The molecule has 0 saturated carbocycles. The summed E-state index contributed by atoms with van der Waals surface area (Å²) in [6, 6.07) is 4.64. The Hall–Kier alpha value is -0.0900. The molecule has 0 saturated heterocycles. The molecule has 1 nitrogen and oxygen atoms in total. The van der Waals surface area contributed by atoms with Crippen molar-refractivity contribution in [2.24, 2.45) is 0 Å². The van der Waals surface area contributed by atoms with Gasteiger partial charge in [0, 0.05) is 10.1 Å². The van der Waals surface area contributed by atoms with Gasteiger partial charge in [-0.2, -0.15) is 0 Å². The molecule has 1 rings (SSSR count). The normalized spacial score (nSPS) is 11.1. The zero-order chi connectivity index (χ0) is 12.1. The summed E-state index contributed by atoms with van der Waals surface area (Å²) < 4.78 is 1.37. The van der Waals surface area contributed by atoms with Crippen LogP contribution in [0.2, 0.25) is 0 Å². The van der Waals surface area contributed by atoms with Crippen molar-refractivity contribution >= 4 is 22.6 Å². The van der Waals surface area contributed by atoms with Crippen molar-refractivity contribution in [3.63, 3.8) is 0 Å². The summed E-state index contributed by atoms with van der Waals surface area (Å²) in [5, 5.41) is 0. The van der Waals surface area contributed by atoms with Crippen LogP contribution >= 0.6 is 22.6 Å². The second-order valence-electron chi connectivity index (χ2n) is 4.40. The van der Waals surface area contributed by atoms with Crippen LogP contribution in [-0.4, -0.2) is 18.0 Å². The van der Waals surface area contributed by atoms with Crippen LogP contribution in [0.25, 0.3) is 0 Å². The van der Waals surface area contributed by atoms with Crippen molar-refractivity contribution in [1.29, 1.82) is 0 Å². The van der Waals surface area contributed by atoms with Crippen LogP contribution in [0.4, 0.5) is 0 Å². The standard InChI is InChI=1S/C14H22IN/c1-5-7-16(6-2)10-13-8-12(4)14(15)9-11(13)3/h8-9H,5-7,10H2,1-4H3. The summed E-state index contributed by atoms with van der Waals surface area (Å²) in [4.78, 5) is 2.51. The summed E-state index contributed by atoms with van der Waals surface area (Å²) in [5.74, 6) is 0. The van der Waals surface area contributed by atoms with E-state index < -0.39 is 0 Å². The lowest BCUT2D eigenvalue weighted by Crippen LogP contribution is -2.24. The molecule has 0 atom stereocenters. The third-order valence-corrected chi connectivity index (χ3v) is 4.16. The average molecular weight is 331 g/mol. The molecule has 90 valence electrons. The van der Waals surface area contributed by atoms with Gasteiger partial charge < -0.3 is 0 Å². The highest BCUT2D eigenvalue weighted by Crippen LogP contribution is 2.19. The zero-order valence-corrected chi connectivity index (χ0v) is 13.0. The van der Waals surface area contributed by atoms with E-state index in [0.717, 1.165) is 13.1 Å². The van der Waals surface area contributed by atoms with Gasteiger partial charge in [-0.05, 0) is 78.7 Å². The first-order valence-corrected chi connectivity index (χ1v) is 7.14. The molecular formula is C14H22IN. The van der Waals surface area contributed by atoms with Crippen LogP contribution in [0.3, 0.4) is 0 Å². The predicted octanol–water partition coefficient (Wildman–Crippen LogP) is 4.14. The van der Waals surface area contributed by atoms with E-state index in [1.54, 1.807) is 0 Å². The van der Waals surface area contributed by atoms with Gasteiger partial charge in [-0.1, -0.05) is 19.9 Å². The van der Waals surface area contributed by atoms with E-state index in [0.29, 0.717) is 0 Å². The molecular weight excluding hydrogens is 309 g/mol. The van der Waals surface area contributed by atoms with Crippen LogP contribution < -0.4 is 0 Å². The van der Waals surface area contributed by atoms with Crippen molar-refractivity contribution in [1.82, 2.24) is 4.90 Å². The summed E-state index contributed by atoms with van der Waals surface area (Å²) in [6.07, 6.45) is 1.23. The Kier molecular flexibility index (Phi) is 5.76. The largest absolute Gasteiger partial charge is 0.299 e. The van der Waals surface area contributed by atoms with Gasteiger partial charge in [-0.25, -0.2) is 0 Å². The van der Waals surface area contributed by atoms with E-state index in [-0.39, 0.29) is 0 Å². The molecule has 0 radical (unpaired) electrons. The summed E-state index contributed by atoms with van der Waals surface area (Å²) >= 11 is 2.41. The molecule has 0 aliphatic rings. The van der Waals surface area contributed by atoms with E-state index in [2.05, 4.69) is 67.3 Å². The molecule has 0 aliphatic carbocycles. The number of hydrogen-bond acceptors (Lipinski definition) is 1. The summed E-state index contributed by atoms with van der Waals surface area (Å²) in [6.45, 7) is 12.3. The fraction of sp³-hybridized carbons (Fsp3) is 0.571. The van der Waals surface area contributed by atoms with Gasteiger partial charge in [0.2, 0.25) is 0 Å². The Balaban J connectivity index is 2.83. The molecule has 0 spiro atoms. The number of rotatable bonds is 5. The quantitative estimate of drug-likeness (QED) is 0.733. The molecule has 16 heavy (non-hydrogen) atoms. The maximum Gasteiger partial charge on any atom is 0.0236 e. The first-order chi connectivity index (χ1) is 7.58. The second kappa shape index (κ2) is 6.60. The molecule has 1 aromatic rings. The Bertz CT molecular complexity index is 347. The van der Waals surface area contributed by atoms with E-state index in [4.69, 9.17) is 0 Å². The lowest BCUT2D eigenvalue weighted by Gasteiger charge is -2.21. The molecule has 0 bridgehead atoms. The Labute approximate surface area is 113 Å². The summed E-state index contributed by atoms with van der Waals surface area (Å²) in [5.41, 5.74) is 4.30. The van der Waals surface area contributed by atoms with Gasteiger partial charge in [-0.15, -0.1) is 0 Å². The zero-order valence-electron chi connectivity index (χ0n) is 10.8. The fourth-order valence-electron chi connectivity index (χ4n) is 1.92. The minimum atomic E-state index is 1.09. The Morgan fingerprint density at radius 2 is 1.81 bits per heavy atom. The van der Waals surface area contributed by atoms with E-state index in [1.807, 2.05) is 0 Å². The van der Waals surface area contributed by atoms with Gasteiger partial charge in [0.1, 0.15) is 0 Å². The van der Waals surface area contributed by atoms with Crippen LogP contribution in [-0.2, 0) is 6.54 Å². The van der Waals surface area contributed by atoms with E-state index in [9.17, 15) is 0 Å². The Morgan fingerprint density at radius 1 is 1.12 bits per heavy atom. The lowest BCUT2D eigenvalue weighted by atomic mass is 10.1. The van der Waals surface area contributed by atoms with Crippen molar-refractivity contribution in [3.8, 4) is 0 Å². The van der Waals surface area contributed by atoms with Crippen LogP contribution in [0, 0.1) is 17.4 Å². The first-order valence-electron chi connectivity index (χ1n) is 6.06. The van der Waals surface area contributed by atoms with E-state index >= 15 is 0 Å². The molecule has 0 aliphatic heterocycles. The van der Waals surface area contributed by atoms with Gasteiger partial charge in [0.25, 0.3) is 0 Å². The molecule has 0 amide bonds. The average Bonchev–Trinajstić information content (AvgIpc) is 2.25. The van der Waals surface area contributed by atoms with Gasteiger partial charge >= 0.3 is 0 Å². The summed E-state index contributed by atoms with van der Waals surface area (Å²) in [7, 11) is 0. The predicted molar refractivity (Wildman–Crippen MR) is 79.9 cm³/mol. The van der Waals surface area contributed by atoms with Crippen LogP contribution in [0.1, 0.15) is 37.0 Å². The molecule has 1 aromatic carbocycles. The number of halogens is 1. The molecule has 0 aromatic heterocycles. The fourth-order valence-corrected chi connectivity index (χ4v) is 2.54. The van der Waals surface area contributed by atoms with Crippen LogP contribution in [0.15, 0.2) is 12.1 Å². The molecule has 0 heterocycles. The number of hydrogen-bond donors (Lipinski definition) is 0. The highest BCUT2D eigenvalue weighted by atomic mass is 127.